The number of fused-ring (bicyclic) bond motifs is 1. The van der Waals surface area contributed by atoms with Crippen molar-refractivity contribution < 1.29 is 22.7 Å². The molecule has 2 aromatic carbocycles. The fourth-order valence-corrected chi connectivity index (χ4v) is 7.62. The van der Waals surface area contributed by atoms with Crippen LogP contribution in [0.25, 0.3) is 10.9 Å². The maximum atomic E-state index is 13.6. The van der Waals surface area contributed by atoms with Gasteiger partial charge in [0.05, 0.1) is 22.7 Å². The largest absolute Gasteiger partial charge is 0.445 e. The van der Waals surface area contributed by atoms with Gasteiger partial charge in [0.25, 0.3) is 0 Å². The van der Waals surface area contributed by atoms with E-state index in [9.17, 15) is 18.0 Å². The van der Waals surface area contributed by atoms with Crippen molar-refractivity contribution in [2.75, 3.05) is 44.2 Å². The summed E-state index contributed by atoms with van der Waals surface area (Å²) < 4.78 is 37.6. The lowest BCUT2D eigenvalue weighted by molar-refractivity contribution is -0.134. The number of likely N-dealkylation sites (tertiary alicyclic amines) is 1. The van der Waals surface area contributed by atoms with E-state index >= 15 is 0 Å². The molecule has 0 spiro atoms. The summed E-state index contributed by atoms with van der Waals surface area (Å²) in [5.74, 6) is 0.0723. The summed E-state index contributed by atoms with van der Waals surface area (Å²) in [5.41, 5.74) is 2.11. The Bertz CT molecular complexity index is 1620. The van der Waals surface area contributed by atoms with Crippen LogP contribution in [-0.4, -0.2) is 84.8 Å². The minimum absolute atomic E-state index is 0.00546. The van der Waals surface area contributed by atoms with Crippen LogP contribution in [0.3, 0.4) is 0 Å². The predicted molar refractivity (Wildman–Crippen MR) is 168 cm³/mol. The second-order valence-corrected chi connectivity index (χ2v) is 14.5. The molecule has 6 rings (SSSR count). The molecule has 0 atom stereocenters. The van der Waals surface area contributed by atoms with Gasteiger partial charge in [0.1, 0.15) is 6.61 Å². The van der Waals surface area contributed by atoms with Gasteiger partial charge in [0, 0.05) is 61.8 Å². The van der Waals surface area contributed by atoms with E-state index in [1.165, 1.54) is 0 Å². The van der Waals surface area contributed by atoms with Crippen molar-refractivity contribution in [1.29, 1.82) is 0 Å². The van der Waals surface area contributed by atoms with Crippen LogP contribution in [0, 0.1) is 5.92 Å². The maximum Gasteiger partial charge on any atom is 0.410 e. The van der Waals surface area contributed by atoms with E-state index in [2.05, 4.69) is 9.62 Å². The van der Waals surface area contributed by atoms with Crippen LogP contribution in [0.1, 0.15) is 58.1 Å². The number of carbonyl (C=O) groups is 2. The molecule has 1 aromatic heterocycles. The second-order valence-electron chi connectivity index (χ2n) is 12.9. The van der Waals surface area contributed by atoms with E-state index in [0.717, 1.165) is 35.0 Å². The van der Waals surface area contributed by atoms with Gasteiger partial charge in [-0.05, 0) is 50.3 Å². The van der Waals surface area contributed by atoms with Crippen LogP contribution in [0.15, 0.2) is 53.6 Å². The predicted octanol–water partition coefficient (Wildman–Crippen LogP) is 4.15. The van der Waals surface area contributed by atoms with Crippen LogP contribution in [0.4, 0.5) is 10.5 Å². The highest BCUT2D eigenvalue weighted by molar-refractivity contribution is 7.89. The molecule has 0 unspecified atom stereocenters. The third kappa shape index (κ3) is 6.41. The first-order valence-corrected chi connectivity index (χ1v) is 17.1. The van der Waals surface area contributed by atoms with Crippen molar-refractivity contribution in [2.45, 2.75) is 69.5 Å². The highest BCUT2D eigenvalue weighted by Crippen LogP contribution is 2.38. The Morgan fingerprint density at radius 2 is 1.68 bits per heavy atom. The number of hydrogen-bond donors (Lipinski definition) is 1. The molecule has 3 heterocycles. The molecule has 0 radical (unpaired) electrons. The number of hydrogen-bond acceptors (Lipinski definition) is 7. The van der Waals surface area contributed by atoms with E-state index in [1.54, 1.807) is 17.0 Å². The van der Waals surface area contributed by atoms with Crippen LogP contribution < -0.4 is 9.62 Å². The first-order chi connectivity index (χ1) is 21.0. The van der Waals surface area contributed by atoms with Gasteiger partial charge in [-0.2, -0.15) is 5.10 Å². The number of ether oxygens (including phenoxy) is 1. The highest BCUT2D eigenvalue weighted by Gasteiger charge is 2.41. The summed E-state index contributed by atoms with van der Waals surface area (Å²) in [5, 5.41) is 5.66. The molecule has 236 valence electrons. The van der Waals surface area contributed by atoms with Gasteiger partial charge in [-0.25, -0.2) is 17.9 Å². The standard InChI is InChI=1S/C32H42N6O5S/c1-23(2)30(39)36-17-15-35(16-18-36)28-19-26(44(41,42)34-32(3)11-12-32)20-29-27(28)21-33-38(29)25-9-13-37(14-10-25)31(40)43-22-24-7-5-4-6-8-24/h4-8,19-21,23,25,34H,9-18,22H2,1-3H3. The third-order valence-electron chi connectivity index (χ3n) is 9.06. The summed E-state index contributed by atoms with van der Waals surface area (Å²) in [6, 6.07) is 13.1. The number of aromatic nitrogens is 2. The van der Waals surface area contributed by atoms with E-state index in [1.807, 2.05) is 66.9 Å². The van der Waals surface area contributed by atoms with Crippen LogP contribution in [0.2, 0.25) is 0 Å². The summed E-state index contributed by atoms with van der Waals surface area (Å²) in [4.78, 5) is 31.3. The Hall–Kier alpha value is -3.64. The van der Waals surface area contributed by atoms with Crippen molar-refractivity contribution in [3.63, 3.8) is 0 Å². The monoisotopic (exact) mass is 622 g/mol. The summed E-state index contributed by atoms with van der Waals surface area (Å²) >= 11 is 0. The zero-order valence-corrected chi connectivity index (χ0v) is 26.6. The second kappa shape index (κ2) is 12.0. The number of anilines is 1. The van der Waals surface area contributed by atoms with E-state index in [-0.39, 0.29) is 35.5 Å². The topological polar surface area (TPSA) is 117 Å². The molecule has 0 bridgehead atoms. The molecule has 11 nitrogen and oxygen atoms in total. The normalized spacial score (nSPS) is 19.0. The number of benzene rings is 2. The molecule has 1 saturated carbocycles. The average Bonchev–Trinajstić information content (AvgIpc) is 3.58. The van der Waals surface area contributed by atoms with Crippen molar-refractivity contribution >= 4 is 38.6 Å². The number of piperazine rings is 1. The van der Waals surface area contributed by atoms with Gasteiger partial charge in [0.2, 0.25) is 15.9 Å². The third-order valence-corrected chi connectivity index (χ3v) is 10.7. The number of rotatable bonds is 8. The molecule has 3 fully saturated rings. The molecular formula is C32H42N6O5S. The lowest BCUT2D eigenvalue weighted by Gasteiger charge is -2.37. The number of piperidine rings is 1. The molecule has 3 aliphatic rings. The fraction of sp³-hybridized carbons (Fsp3) is 0.531. The lowest BCUT2D eigenvalue weighted by Crippen LogP contribution is -2.50. The first kappa shape index (κ1) is 30.4. The summed E-state index contributed by atoms with van der Waals surface area (Å²) in [7, 11) is -3.77. The Morgan fingerprint density at radius 1 is 1.00 bits per heavy atom. The van der Waals surface area contributed by atoms with Crippen LogP contribution in [0.5, 0.6) is 0 Å². The molecular weight excluding hydrogens is 580 g/mol. The minimum Gasteiger partial charge on any atom is -0.445 e. The Kier molecular flexibility index (Phi) is 8.31. The van der Waals surface area contributed by atoms with Crippen molar-refractivity contribution in [1.82, 2.24) is 24.3 Å². The number of amides is 2. The van der Waals surface area contributed by atoms with Gasteiger partial charge in [-0.1, -0.05) is 44.2 Å². The molecule has 1 N–H and O–H groups in total. The summed E-state index contributed by atoms with van der Waals surface area (Å²) in [6.07, 6.45) is 4.48. The number of sulfonamides is 1. The first-order valence-electron chi connectivity index (χ1n) is 15.6. The quantitative estimate of drug-likeness (QED) is 0.401. The molecule has 2 aliphatic heterocycles. The number of nitrogens with one attached hydrogen (secondary N) is 1. The maximum absolute atomic E-state index is 13.6. The lowest BCUT2D eigenvalue weighted by atomic mass is 10.1. The van der Waals surface area contributed by atoms with Gasteiger partial charge < -0.3 is 19.4 Å². The zero-order chi connectivity index (χ0) is 31.1. The molecule has 12 heteroatoms. The van der Waals surface area contributed by atoms with E-state index in [4.69, 9.17) is 9.84 Å². The Balaban J connectivity index is 1.23. The van der Waals surface area contributed by atoms with Crippen LogP contribution >= 0.6 is 0 Å². The molecule has 1 aliphatic carbocycles. The SMILES string of the molecule is CC(C)C(=O)N1CCN(c2cc(S(=O)(=O)NC3(C)CC3)cc3c2cnn3C2CCN(C(=O)OCc3ccccc3)CC2)CC1. The van der Waals surface area contributed by atoms with Gasteiger partial charge in [-0.15, -0.1) is 0 Å². The van der Waals surface area contributed by atoms with Crippen molar-refractivity contribution in [3.05, 3.63) is 54.2 Å². The molecule has 2 amide bonds. The minimum atomic E-state index is -3.77. The van der Waals surface area contributed by atoms with E-state index in [0.29, 0.717) is 52.1 Å². The molecule has 44 heavy (non-hydrogen) atoms. The van der Waals surface area contributed by atoms with Gasteiger partial charge >= 0.3 is 6.09 Å². The Morgan fingerprint density at radius 3 is 2.32 bits per heavy atom. The van der Waals surface area contributed by atoms with Crippen molar-refractivity contribution in [2.24, 2.45) is 5.92 Å². The Labute approximate surface area is 259 Å². The van der Waals surface area contributed by atoms with Gasteiger partial charge in [-0.3, -0.25) is 9.48 Å². The summed E-state index contributed by atoms with van der Waals surface area (Å²) in [6.45, 7) is 9.41. The zero-order valence-electron chi connectivity index (χ0n) is 25.7. The molecule has 3 aromatic rings. The number of carbonyl (C=O) groups excluding carboxylic acids is 2. The molecule has 2 saturated heterocycles. The smallest absolute Gasteiger partial charge is 0.410 e. The fourth-order valence-electron chi connectivity index (χ4n) is 6.12. The van der Waals surface area contributed by atoms with Gasteiger partial charge in [0.15, 0.2) is 0 Å². The number of nitrogens with zero attached hydrogens (tertiary/aromatic N) is 5. The van der Waals surface area contributed by atoms with Crippen molar-refractivity contribution in [3.8, 4) is 0 Å². The van der Waals surface area contributed by atoms with E-state index < -0.39 is 15.6 Å². The highest BCUT2D eigenvalue weighted by atomic mass is 32.2. The van der Waals surface area contributed by atoms with Crippen LogP contribution in [-0.2, 0) is 26.2 Å². The average molecular weight is 623 g/mol.